The number of carbonyl (C=O) groups excluding carboxylic acids is 4. The van der Waals surface area contributed by atoms with E-state index in [2.05, 4.69) is 20.7 Å². The van der Waals surface area contributed by atoms with Gasteiger partial charge in [0.2, 0.25) is 5.91 Å². The molecule has 0 spiro atoms. The molecule has 1 aliphatic heterocycles. The summed E-state index contributed by atoms with van der Waals surface area (Å²) >= 11 is 6.51. The van der Waals surface area contributed by atoms with E-state index in [1.807, 2.05) is 0 Å². The van der Waals surface area contributed by atoms with Crippen LogP contribution in [0, 0.1) is 18.6 Å². The normalized spacial score (nSPS) is 13.2. The molecule has 0 unspecified atom stereocenters. The molecule has 4 aromatic rings. The van der Waals surface area contributed by atoms with E-state index in [1.165, 1.54) is 54.3 Å². The molecule has 294 valence electrons. The zero-order valence-corrected chi connectivity index (χ0v) is 32.4. The number of nitrogens with one attached hydrogen (secondary N) is 2. The summed E-state index contributed by atoms with van der Waals surface area (Å²) in [5.41, 5.74) is 1.17. The Balaban J connectivity index is 1.16. The summed E-state index contributed by atoms with van der Waals surface area (Å²) in [5.74, 6) is -3.25. The maximum Gasteiger partial charge on any atom is 0.407 e. The van der Waals surface area contributed by atoms with Crippen LogP contribution < -0.4 is 10.6 Å². The number of ether oxygens (including phenoxy) is 2. The third-order valence-electron chi connectivity index (χ3n) is 9.06. The number of hydrogen-bond acceptors (Lipinski definition) is 8. The number of imidazole rings is 1. The molecule has 55 heavy (non-hydrogen) atoms. The Hall–Kier alpha value is -5.35. The van der Waals surface area contributed by atoms with E-state index in [-0.39, 0.29) is 57.2 Å². The number of rotatable bonds is 12. The van der Waals surface area contributed by atoms with E-state index in [0.717, 1.165) is 0 Å². The Morgan fingerprint density at radius 3 is 2.29 bits per heavy atom. The van der Waals surface area contributed by atoms with Gasteiger partial charge in [-0.3, -0.25) is 19.1 Å². The molecule has 2 aromatic carbocycles. The van der Waals surface area contributed by atoms with Crippen LogP contribution in [0.5, 0.6) is 0 Å². The second-order valence-corrected chi connectivity index (χ2v) is 14.4. The summed E-state index contributed by atoms with van der Waals surface area (Å²) in [6.07, 6.45) is 2.93. The number of nitrogens with zero attached hydrogens (tertiary/aromatic N) is 6. The largest absolute Gasteiger partial charge is 0.444 e. The van der Waals surface area contributed by atoms with Gasteiger partial charge in [-0.05, 0) is 58.4 Å². The smallest absolute Gasteiger partial charge is 0.407 e. The highest BCUT2D eigenvalue weighted by Gasteiger charge is 2.27. The Labute approximate surface area is 322 Å². The topological polar surface area (TPSA) is 153 Å². The van der Waals surface area contributed by atoms with Crippen LogP contribution in [0.1, 0.15) is 60.3 Å². The number of halogens is 3. The van der Waals surface area contributed by atoms with Crippen molar-refractivity contribution >= 4 is 41.1 Å². The molecule has 4 amide bonds. The maximum atomic E-state index is 15.5. The Morgan fingerprint density at radius 1 is 0.945 bits per heavy atom. The van der Waals surface area contributed by atoms with Crippen molar-refractivity contribution in [3.63, 3.8) is 0 Å². The van der Waals surface area contributed by atoms with Gasteiger partial charge in [-0.25, -0.2) is 18.6 Å². The molecule has 14 nitrogen and oxygen atoms in total. The highest BCUT2D eigenvalue weighted by molar-refractivity contribution is 6.34. The van der Waals surface area contributed by atoms with Crippen LogP contribution in [0.2, 0.25) is 5.02 Å². The van der Waals surface area contributed by atoms with Gasteiger partial charge in [0.15, 0.2) is 17.5 Å². The quantitative estimate of drug-likeness (QED) is 0.174. The minimum atomic E-state index is -1.10. The number of aromatic nitrogens is 4. The Kier molecular flexibility index (Phi) is 12.9. The van der Waals surface area contributed by atoms with E-state index < -0.39 is 29.2 Å². The summed E-state index contributed by atoms with van der Waals surface area (Å²) in [7, 11) is 3.08. The Morgan fingerprint density at radius 2 is 1.62 bits per heavy atom. The molecule has 5 rings (SSSR count). The second kappa shape index (κ2) is 17.4. The van der Waals surface area contributed by atoms with Crippen molar-refractivity contribution in [3.05, 3.63) is 76.5 Å². The number of benzene rings is 2. The van der Waals surface area contributed by atoms with E-state index in [9.17, 15) is 19.2 Å². The molecule has 1 aliphatic rings. The Bertz CT molecular complexity index is 2070. The molecular formula is C38H45ClF2N8O6. The summed E-state index contributed by atoms with van der Waals surface area (Å²) in [6, 6.07) is 7.36. The maximum absolute atomic E-state index is 15.5. The van der Waals surface area contributed by atoms with Gasteiger partial charge in [-0.1, -0.05) is 17.7 Å². The van der Waals surface area contributed by atoms with Gasteiger partial charge >= 0.3 is 6.09 Å². The summed E-state index contributed by atoms with van der Waals surface area (Å²) in [6.45, 7) is 9.57. The molecule has 2 aromatic heterocycles. The number of anilines is 1. The number of piperazine rings is 1. The first kappa shape index (κ1) is 40.8. The second-order valence-electron chi connectivity index (χ2n) is 14.0. The van der Waals surface area contributed by atoms with E-state index in [4.69, 9.17) is 21.1 Å². The molecule has 0 saturated carbocycles. The van der Waals surface area contributed by atoms with Crippen LogP contribution in [0.25, 0.3) is 22.4 Å². The van der Waals surface area contributed by atoms with Gasteiger partial charge in [0.1, 0.15) is 5.60 Å². The number of alkyl carbamates (subject to hydrolysis) is 1. The van der Waals surface area contributed by atoms with Gasteiger partial charge in [-0.2, -0.15) is 5.10 Å². The van der Waals surface area contributed by atoms with Crippen LogP contribution in [-0.4, -0.2) is 105 Å². The van der Waals surface area contributed by atoms with Crippen molar-refractivity contribution < 1.29 is 37.4 Å². The molecule has 2 N–H and O–H groups in total. The summed E-state index contributed by atoms with van der Waals surface area (Å²) in [5, 5.41) is 9.70. The van der Waals surface area contributed by atoms with E-state index in [1.54, 1.807) is 49.3 Å². The zero-order valence-electron chi connectivity index (χ0n) is 31.7. The third-order valence-corrected chi connectivity index (χ3v) is 9.38. The summed E-state index contributed by atoms with van der Waals surface area (Å²) in [4.78, 5) is 58.5. The van der Waals surface area contributed by atoms with Crippen LogP contribution >= 0.6 is 11.6 Å². The van der Waals surface area contributed by atoms with Crippen molar-refractivity contribution in [3.8, 4) is 22.4 Å². The van der Waals surface area contributed by atoms with Crippen molar-refractivity contribution in [2.45, 2.75) is 52.7 Å². The average Bonchev–Trinajstić information content (AvgIpc) is 3.70. The van der Waals surface area contributed by atoms with Gasteiger partial charge in [0.05, 0.1) is 41.8 Å². The first-order chi connectivity index (χ1) is 26.1. The van der Waals surface area contributed by atoms with Crippen molar-refractivity contribution in [2.75, 3.05) is 51.8 Å². The molecular weight excluding hydrogens is 738 g/mol. The molecule has 3 heterocycles. The molecule has 0 bridgehead atoms. The average molecular weight is 783 g/mol. The van der Waals surface area contributed by atoms with E-state index >= 15 is 8.78 Å². The minimum absolute atomic E-state index is 0.0527. The predicted octanol–water partition coefficient (Wildman–Crippen LogP) is 5.68. The van der Waals surface area contributed by atoms with Gasteiger partial charge < -0.3 is 34.5 Å². The lowest BCUT2D eigenvalue weighted by molar-refractivity contribution is -0.132. The number of methoxy groups -OCH3 is 1. The minimum Gasteiger partial charge on any atom is -0.444 e. The highest BCUT2D eigenvalue weighted by Crippen LogP contribution is 2.33. The first-order valence-corrected chi connectivity index (χ1v) is 18.1. The zero-order chi connectivity index (χ0) is 40.0. The lowest BCUT2D eigenvalue weighted by atomic mass is 10.0. The standard InChI is InChI=1S/C38H45ClF2N8O6/c1-23-28(21-44-49(23)18-19-54-6)25-11-12-27(33(41)32(25)40)30-22-43-34(46(30)5)35(51)45-24-9-10-26(29(39)20-24)36(52)48-16-14-47(15-17-48)31(50)8-7-13-42-37(53)55-38(2,3)4/h9-12,20-22H,7-8,13-19H2,1-6H3,(H,42,53)(H,45,51). The molecule has 17 heteroatoms. The van der Waals surface area contributed by atoms with Crippen LogP contribution in [-0.2, 0) is 27.9 Å². The molecule has 0 radical (unpaired) electrons. The van der Waals surface area contributed by atoms with Crippen LogP contribution in [0.4, 0.5) is 19.3 Å². The molecule has 1 saturated heterocycles. The fourth-order valence-electron chi connectivity index (χ4n) is 6.13. The fraction of sp³-hybridized carbons (Fsp3) is 0.421. The van der Waals surface area contributed by atoms with Crippen molar-refractivity contribution in [2.24, 2.45) is 7.05 Å². The molecule has 1 fully saturated rings. The SMILES string of the molecule is COCCn1ncc(-c2ccc(-c3cnc(C(=O)Nc4ccc(C(=O)N5CCN(C(=O)CCCNC(=O)OC(C)(C)C)CC5)c(Cl)c4)n3C)c(F)c2F)c1C. The predicted molar refractivity (Wildman–Crippen MR) is 202 cm³/mol. The van der Waals surface area contributed by atoms with Crippen molar-refractivity contribution in [1.29, 1.82) is 0 Å². The lowest BCUT2D eigenvalue weighted by Crippen LogP contribution is -2.50. The van der Waals surface area contributed by atoms with Crippen LogP contribution in [0.15, 0.2) is 42.7 Å². The first-order valence-electron chi connectivity index (χ1n) is 17.8. The van der Waals surface area contributed by atoms with Crippen molar-refractivity contribution in [1.82, 2.24) is 34.4 Å². The lowest BCUT2D eigenvalue weighted by Gasteiger charge is -2.35. The molecule has 0 atom stereocenters. The highest BCUT2D eigenvalue weighted by atomic mass is 35.5. The number of amides is 4. The van der Waals surface area contributed by atoms with E-state index in [0.29, 0.717) is 63.6 Å². The van der Waals surface area contributed by atoms with Crippen LogP contribution in [0.3, 0.4) is 0 Å². The molecule has 0 aliphatic carbocycles. The van der Waals surface area contributed by atoms with Gasteiger partial charge in [0, 0.05) is 81.4 Å². The number of carbonyl (C=O) groups is 4. The number of hydrogen-bond donors (Lipinski definition) is 2. The van der Waals surface area contributed by atoms with Gasteiger partial charge in [-0.15, -0.1) is 0 Å². The summed E-state index contributed by atoms with van der Waals surface area (Å²) < 4.78 is 44.3. The monoisotopic (exact) mass is 782 g/mol. The fourth-order valence-corrected chi connectivity index (χ4v) is 6.39. The van der Waals surface area contributed by atoms with Gasteiger partial charge in [0.25, 0.3) is 11.8 Å². The third kappa shape index (κ3) is 9.67.